The van der Waals surface area contributed by atoms with Crippen LogP contribution in [-0.4, -0.2) is 41.3 Å². The number of nitrogens with two attached hydrogens (primary N) is 1. The SMILES string of the molecule is CC(C)C1=NC(NC(=O)[C@H](c2ccc(F)cc2)[C@@H](O)c2ccc(C(F)(F)F)c(F)c2)C(=O)N(CC(N)=O)c2ccccc21. The number of carbonyl (C=O) groups excluding carboxylic acids is 3. The number of carbonyl (C=O) groups is 3. The van der Waals surface area contributed by atoms with E-state index in [1.165, 1.54) is 0 Å². The minimum Gasteiger partial charge on any atom is -0.387 e. The third kappa shape index (κ3) is 6.72. The van der Waals surface area contributed by atoms with Crippen molar-refractivity contribution in [3.8, 4) is 0 Å². The molecule has 0 fully saturated rings. The van der Waals surface area contributed by atoms with Crippen molar-refractivity contribution >= 4 is 29.1 Å². The third-order valence-electron chi connectivity index (χ3n) is 6.85. The van der Waals surface area contributed by atoms with Gasteiger partial charge >= 0.3 is 6.18 Å². The quantitative estimate of drug-likeness (QED) is 0.334. The minimum absolute atomic E-state index is 0.0121. The maximum absolute atomic E-state index is 14.4. The largest absolute Gasteiger partial charge is 0.419 e. The van der Waals surface area contributed by atoms with Gasteiger partial charge in [-0.1, -0.05) is 50.2 Å². The molecule has 4 rings (SSSR count). The van der Waals surface area contributed by atoms with Crippen molar-refractivity contribution in [1.29, 1.82) is 0 Å². The van der Waals surface area contributed by atoms with E-state index < -0.39 is 65.8 Å². The van der Waals surface area contributed by atoms with E-state index in [-0.39, 0.29) is 17.0 Å². The molecule has 0 aliphatic carbocycles. The first-order chi connectivity index (χ1) is 20.2. The molecule has 3 atom stereocenters. The van der Waals surface area contributed by atoms with E-state index in [1.54, 1.807) is 38.1 Å². The number of amides is 3. The number of hydrogen-bond acceptors (Lipinski definition) is 5. The molecular formula is C30H27F5N4O4. The van der Waals surface area contributed by atoms with Crippen molar-refractivity contribution in [2.75, 3.05) is 11.4 Å². The number of primary amides is 1. The van der Waals surface area contributed by atoms with Crippen molar-refractivity contribution in [2.24, 2.45) is 16.6 Å². The Morgan fingerprint density at radius 1 is 1.02 bits per heavy atom. The van der Waals surface area contributed by atoms with Crippen LogP contribution >= 0.6 is 0 Å². The molecule has 3 aromatic carbocycles. The number of para-hydroxylation sites is 1. The van der Waals surface area contributed by atoms with Crippen LogP contribution in [0.3, 0.4) is 0 Å². The van der Waals surface area contributed by atoms with Crippen LogP contribution in [0.5, 0.6) is 0 Å². The molecule has 4 N–H and O–H groups in total. The summed E-state index contributed by atoms with van der Waals surface area (Å²) >= 11 is 0. The second-order valence-corrected chi connectivity index (χ2v) is 10.2. The average Bonchev–Trinajstić information content (AvgIpc) is 3.04. The van der Waals surface area contributed by atoms with Gasteiger partial charge in [0, 0.05) is 11.3 Å². The van der Waals surface area contributed by atoms with Gasteiger partial charge in [0.2, 0.25) is 18.0 Å². The molecule has 3 aromatic rings. The average molecular weight is 603 g/mol. The number of fused-ring (bicyclic) bond motifs is 1. The number of nitrogens with one attached hydrogen (secondary N) is 1. The number of alkyl halides is 3. The summed E-state index contributed by atoms with van der Waals surface area (Å²) in [6, 6.07) is 12.6. The molecule has 13 heteroatoms. The van der Waals surface area contributed by atoms with Gasteiger partial charge in [0.1, 0.15) is 18.2 Å². The molecule has 1 aliphatic rings. The fourth-order valence-electron chi connectivity index (χ4n) is 4.84. The molecule has 8 nitrogen and oxygen atoms in total. The first-order valence-corrected chi connectivity index (χ1v) is 13.1. The number of aliphatic hydroxyl groups excluding tert-OH is 1. The Morgan fingerprint density at radius 2 is 1.65 bits per heavy atom. The molecule has 0 bridgehead atoms. The van der Waals surface area contributed by atoms with E-state index in [0.717, 1.165) is 35.2 Å². The zero-order chi connectivity index (χ0) is 31.6. The third-order valence-corrected chi connectivity index (χ3v) is 6.85. The molecule has 0 saturated carbocycles. The number of rotatable bonds is 8. The summed E-state index contributed by atoms with van der Waals surface area (Å²) in [6.07, 6.45) is -8.56. The van der Waals surface area contributed by atoms with Crippen LogP contribution in [0.25, 0.3) is 0 Å². The van der Waals surface area contributed by atoms with E-state index >= 15 is 0 Å². The van der Waals surface area contributed by atoms with E-state index in [1.807, 2.05) is 0 Å². The maximum atomic E-state index is 14.4. The Balaban J connectivity index is 1.77. The fourth-order valence-corrected chi connectivity index (χ4v) is 4.84. The topological polar surface area (TPSA) is 125 Å². The standard InChI is InChI=1S/C30H27F5N4O4/c1-15(2)25-19-5-3-4-6-22(19)39(14-23(36)40)29(43)27(37-25)38-28(42)24(16-7-10-18(31)11-8-16)26(41)17-9-12-20(21(32)13-17)30(33,34)35/h3-13,15,24,26-27,41H,14H2,1-2H3,(H2,36,40)(H,38,42)/t24-,26+,27?/m1/s1. The Bertz CT molecular complexity index is 1570. The predicted molar refractivity (Wildman–Crippen MR) is 147 cm³/mol. The van der Waals surface area contributed by atoms with Gasteiger partial charge in [0.25, 0.3) is 5.91 Å². The molecule has 1 aliphatic heterocycles. The second kappa shape index (κ2) is 12.3. The molecule has 0 saturated heterocycles. The van der Waals surface area contributed by atoms with Crippen molar-refractivity contribution in [3.05, 3.63) is 101 Å². The Kier molecular flexibility index (Phi) is 8.95. The van der Waals surface area contributed by atoms with E-state index in [2.05, 4.69) is 10.3 Å². The lowest BCUT2D eigenvalue weighted by molar-refractivity contribution is -0.140. The lowest BCUT2D eigenvalue weighted by Crippen LogP contribution is -2.51. The summed E-state index contributed by atoms with van der Waals surface area (Å²) in [5, 5.41) is 13.6. The highest BCUT2D eigenvalue weighted by molar-refractivity contribution is 6.15. The maximum Gasteiger partial charge on any atom is 0.419 e. The minimum atomic E-state index is -5.00. The fraction of sp³-hybridized carbons (Fsp3) is 0.267. The number of benzodiazepines with no additional fused rings is 1. The highest BCUT2D eigenvalue weighted by atomic mass is 19.4. The zero-order valence-corrected chi connectivity index (χ0v) is 22.9. The number of anilines is 1. The predicted octanol–water partition coefficient (Wildman–Crippen LogP) is 4.22. The Morgan fingerprint density at radius 3 is 2.23 bits per heavy atom. The second-order valence-electron chi connectivity index (χ2n) is 10.2. The Labute approximate surface area is 243 Å². The number of nitrogens with zero attached hydrogens (tertiary/aromatic N) is 2. The van der Waals surface area contributed by atoms with E-state index in [9.17, 15) is 41.4 Å². The van der Waals surface area contributed by atoms with Crippen LogP contribution in [0.15, 0.2) is 71.7 Å². The monoisotopic (exact) mass is 602 g/mol. The van der Waals surface area contributed by atoms with Crippen LogP contribution in [-0.2, 0) is 20.6 Å². The summed E-state index contributed by atoms with van der Waals surface area (Å²) in [7, 11) is 0. The molecule has 3 amide bonds. The first kappa shape index (κ1) is 31.3. The number of aliphatic hydroxyl groups is 1. The number of benzene rings is 3. The van der Waals surface area contributed by atoms with Crippen LogP contribution in [0.1, 0.15) is 48.1 Å². The molecule has 1 unspecified atom stereocenters. The highest BCUT2D eigenvalue weighted by Gasteiger charge is 2.39. The van der Waals surface area contributed by atoms with Gasteiger partial charge < -0.3 is 16.2 Å². The van der Waals surface area contributed by atoms with Crippen molar-refractivity contribution < 1.29 is 41.4 Å². The highest BCUT2D eigenvalue weighted by Crippen LogP contribution is 2.36. The first-order valence-electron chi connectivity index (χ1n) is 13.1. The molecule has 0 spiro atoms. The molecule has 1 heterocycles. The summed E-state index contributed by atoms with van der Waals surface area (Å²) in [6.45, 7) is 3.05. The summed E-state index contributed by atoms with van der Waals surface area (Å²) in [4.78, 5) is 44.9. The smallest absolute Gasteiger partial charge is 0.387 e. The van der Waals surface area contributed by atoms with Gasteiger partial charge in [-0.3, -0.25) is 24.3 Å². The van der Waals surface area contributed by atoms with Crippen LogP contribution in [0, 0.1) is 17.6 Å². The summed E-state index contributed by atoms with van der Waals surface area (Å²) in [5.74, 6) is -6.98. The Hall–Kier alpha value is -4.65. The van der Waals surface area contributed by atoms with E-state index in [4.69, 9.17) is 5.73 Å². The summed E-state index contributed by atoms with van der Waals surface area (Å²) < 4.78 is 67.5. The van der Waals surface area contributed by atoms with Gasteiger partial charge in [-0.15, -0.1) is 0 Å². The van der Waals surface area contributed by atoms with Gasteiger partial charge in [-0.05, 0) is 47.4 Å². The van der Waals surface area contributed by atoms with Gasteiger partial charge in [-0.2, -0.15) is 13.2 Å². The molecule has 0 radical (unpaired) electrons. The van der Waals surface area contributed by atoms with E-state index in [0.29, 0.717) is 29.1 Å². The van der Waals surface area contributed by atoms with Gasteiger partial charge in [0.05, 0.1) is 23.3 Å². The lowest BCUT2D eigenvalue weighted by atomic mass is 9.87. The van der Waals surface area contributed by atoms with Crippen molar-refractivity contribution in [2.45, 2.75) is 38.2 Å². The molecule has 0 aromatic heterocycles. The molecule has 43 heavy (non-hydrogen) atoms. The van der Waals surface area contributed by atoms with Crippen LogP contribution < -0.4 is 16.0 Å². The zero-order valence-electron chi connectivity index (χ0n) is 22.9. The number of hydrogen-bond donors (Lipinski definition) is 3. The van der Waals surface area contributed by atoms with Gasteiger partial charge in [0.15, 0.2) is 0 Å². The molecular weight excluding hydrogens is 575 g/mol. The lowest BCUT2D eigenvalue weighted by Gasteiger charge is -2.27. The van der Waals surface area contributed by atoms with Gasteiger partial charge in [-0.25, -0.2) is 8.78 Å². The number of aliphatic imine (C=N–C) groups is 1. The summed E-state index contributed by atoms with van der Waals surface area (Å²) in [5.41, 5.74) is 4.71. The molecule has 226 valence electrons. The number of halogens is 5. The van der Waals surface area contributed by atoms with Crippen molar-refractivity contribution in [3.63, 3.8) is 0 Å². The van der Waals surface area contributed by atoms with Crippen LogP contribution in [0.4, 0.5) is 27.6 Å². The van der Waals surface area contributed by atoms with Crippen LogP contribution in [0.2, 0.25) is 0 Å². The normalized spacial score (nSPS) is 16.7. The van der Waals surface area contributed by atoms with Crippen molar-refractivity contribution in [1.82, 2.24) is 5.32 Å².